The van der Waals surface area contributed by atoms with Crippen molar-refractivity contribution in [2.24, 2.45) is 5.92 Å². The van der Waals surface area contributed by atoms with Gasteiger partial charge in [0, 0.05) is 25.2 Å². The summed E-state index contributed by atoms with van der Waals surface area (Å²) in [5.41, 5.74) is 0.109. The molecule has 0 unspecified atom stereocenters. The number of ether oxygens (including phenoxy) is 1. The van der Waals surface area contributed by atoms with Crippen LogP contribution in [0.4, 0.5) is 0 Å². The number of hydrogen-bond acceptors (Lipinski definition) is 4. The van der Waals surface area contributed by atoms with Gasteiger partial charge in [0.05, 0.1) is 12.1 Å². The minimum atomic E-state index is 0.109. The van der Waals surface area contributed by atoms with Gasteiger partial charge >= 0.3 is 0 Å². The predicted molar refractivity (Wildman–Crippen MR) is 75.9 cm³/mol. The van der Waals surface area contributed by atoms with Crippen LogP contribution in [0.25, 0.3) is 0 Å². The molecule has 0 radical (unpaired) electrons. The van der Waals surface area contributed by atoms with Gasteiger partial charge in [-0.3, -0.25) is 0 Å². The smallest absolute Gasteiger partial charge is 0.113 e. The van der Waals surface area contributed by atoms with Gasteiger partial charge in [-0.25, -0.2) is 4.98 Å². The molecule has 102 valence electrons. The Hall–Kier alpha value is -0.450. The molecule has 1 N–H and O–H groups in total. The lowest BCUT2D eigenvalue weighted by Gasteiger charge is -2.39. The maximum atomic E-state index is 5.16. The first-order valence-electron chi connectivity index (χ1n) is 6.94. The van der Waals surface area contributed by atoms with Crippen molar-refractivity contribution in [2.45, 2.75) is 44.6 Å². The Bertz CT molecular complexity index is 326. The van der Waals surface area contributed by atoms with E-state index in [9.17, 15) is 0 Å². The van der Waals surface area contributed by atoms with Gasteiger partial charge in [0.1, 0.15) is 5.01 Å². The molecule has 0 amide bonds. The van der Waals surface area contributed by atoms with Crippen molar-refractivity contribution >= 4 is 11.3 Å². The lowest BCUT2D eigenvalue weighted by Crippen LogP contribution is -2.46. The van der Waals surface area contributed by atoms with E-state index in [1.54, 1.807) is 18.4 Å². The SMILES string of the molecule is CCC1CCC(NCCOC)(c2nccs2)CC1. The average Bonchev–Trinajstić information content (AvgIpc) is 2.94. The van der Waals surface area contributed by atoms with Gasteiger partial charge in [-0.2, -0.15) is 0 Å². The number of thiazole rings is 1. The highest BCUT2D eigenvalue weighted by molar-refractivity contribution is 7.09. The molecule has 0 aromatic carbocycles. The van der Waals surface area contributed by atoms with Crippen molar-refractivity contribution in [3.8, 4) is 0 Å². The molecule has 1 aromatic heterocycles. The lowest BCUT2D eigenvalue weighted by atomic mass is 9.76. The van der Waals surface area contributed by atoms with E-state index in [4.69, 9.17) is 4.74 Å². The molecule has 1 heterocycles. The van der Waals surface area contributed by atoms with Crippen molar-refractivity contribution < 1.29 is 4.74 Å². The van der Waals surface area contributed by atoms with E-state index in [-0.39, 0.29) is 5.54 Å². The van der Waals surface area contributed by atoms with E-state index in [1.807, 2.05) is 6.20 Å². The zero-order valence-electron chi connectivity index (χ0n) is 11.4. The number of nitrogens with zero attached hydrogens (tertiary/aromatic N) is 1. The quantitative estimate of drug-likeness (QED) is 0.805. The summed E-state index contributed by atoms with van der Waals surface area (Å²) >= 11 is 1.78. The fourth-order valence-corrected chi connectivity index (χ4v) is 3.77. The first-order valence-corrected chi connectivity index (χ1v) is 7.82. The van der Waals surface area contributed by atoms with E-state index >= 15 is 0 Å². The highest BCUT2D eigenvalue weighted by atomic mass is 32.1. The molecule has 1 aromatic rings. The first-order chi connectivity index (χ1) is 8.80. The summed E-state index contributed by atoms with van der Waals surface area (Å²) in [5, 5.41) is 7.05. The van der Waals surface area contributed by atoms with Crippen LogP contribution in [0.3, 0.4) is 0 Å². The van der Waals surface area contributed by atoms with Crippen LogP contribution in [0, 0.1) is 5.92 Å². The molecule has 0 bridgehead atoms. The first kappa shape index (κ1) is 14.0. The molecular formula is C14H24N2OS. The molecule has 1 aliphatic rings. The van der Waals surface area contributed by atoms with Crippen LogP contribution in [0.2, 0.25) is 0 Å². The van der Waals surface area contributed by atoms with Gasteiger partial charge in [0.15, 0.2) is 0 Å². The maximum absolute atomic E-state index is 5.16. The lowest BCUT2D eigenvalue weighted by molar-refractivity contribution is 0.150. The molecule has 4 heteroatoms. The van der Waals surface area contributed by atoms with Crippen molar-refractivity contribution in [1.82, 2.24) is 10.3 Å². The van der Waals surface area contributed by atoms with Crippen LogP contribution in [-0.4, -0.2) is 25.2 Å². The van der Waals surface area contributed by atoms with Crippen LogP contribution in [0.5, 0.6) is 0 Å². The topological polar surface area (TPSA) is 34.1 Å². The van der Waals surface area contributed by atoms with E-state index in [2.05, 4.69) is 22.6 Å². The third kappa shape index (κ3) is 3.11. The molecule has 2 rings (SSSR count). The van der Waals surface area contributed by atoms with E-state index in [1.165, 1.54) is 37.1 Å². The molecule has 1 saturated carbocycles. The maximum Gasteiger partial charge on any atom is 0.113 e. The standard InChI is InChI=1S/C14H24N2OS/c1-3-12-4-6-14(7-5-12,16-8-10-17-2)13-15-9-11-18-13/h9,11-12,16H,3-8,10H2,1-2H3. The Kier molecular flexibility index (Phi) is 5.15. The number of aromatic nitrogens is 1. The molecule has 1 aliphatic carbocycles. The minimum Gasteiger partial charge on any atom is -0.383 e. The summed E-state index contributed by atoms with van der Waals surface area (Å²) in [6.45, 7) is 3.98. The molecule has 3 nitrogen and oxygen atoms in total. The summed E-state index contributed by atoms with van der Waals surface area (Å²) in [5.74, 6) is 0.905. The van der Waals surface area contributed by atoms with Crippen LogP contribution in [0.1, 0.15) is 44.0 Å². The molecule has 18 heavy (non-hydrogen) atoms. The third-order valence-electron chi connectivity index (χ3n) is 4.15. The van der Waals surface area contributed by atoms with E-state index in [0.29, 0.717) is 0 Å². The van der Waals surface area contributed by atoms with Crippen LogP contribution in [0.15, 0.2) is 11.6 Å². The van der Waals surface area contributed by atoms with Gasteiger partial charge in [0.25, 0.3) is 0 Å². The zero-order valence-corrected chi connectivity index (χ0v) is 12.3. The summed E-state index contributed by atoms with van der Waals surface area (Å²) in [6, 6.07) is 0. The summed E-state index contributed by atoms with van der Waals surface area (Å²) in [7, 11) is 1.76. The zero-order chi connectivity index (χ0) is 12.8. The Balaban J connectivity index is 2.04. The van der Waals surface area contributed by atoms with Gasteiger partial charge in [-0.05, 0) is 31.6 Å². The average molecular weight is 268 g/mol. The van der Waals surface area contributed by atoms with Crippen molar-refractivity contribution in [2.75, 3.05) is 20.3 Å². The molecule has 0 saturated heterocycles. The van der Waals surface area contributed by atoms with Gasteiger partial charge in [-0.15, -0.1) is 11.3 Å². The second kappa shape index (κ2) is 6.64. The van der Waals surface area contributed by atoms with Gasteiger partial charge < -0.3 is 10.1 Å². The number of hydrogen-bond donors (Lipinski definition) is 1. The third-order valence-corrected chi connectivity index (χ3v) is 5.12. The predicted octanol–water partition coefficient (Wildman–Crippen LogP) is 3.17. The van der Waals surface area contributed by atoms with Crippen molar-refractivity contribution in [3.63, 3.8) is 0 Å². The van der Waals surface area contributed by atoms with Crippen molar-refractivity contribution in [3.05, 3.63) is 16.6 Å². The molecule has 0 aliphatic heterocycles. The number of rotatable bonds is 6. The monoisotopic (exact) mass is 268 g/mol. The van der Waals surface area contributed by atoms with Gasteiger partial charge in [0.2, 0.25) is 0 Å². The van der Waals surface area contributed by atoms with Crippen LogP contribution in [-0.2, 0) is 10.3 Å². The number of methoxy groups -OCH3 is 1. The highest BCUT2D eigenvalue weighted by Crippen LogP contribution is 2.41. The summed E-state index contributed by atoms with van der Waals surface area (Å²) < 4.78 is 5.16. The van der Waals surface area contributed by atoms with Crippen LogP contribution >= 0.6 is 11.3 Å². The Morgan fingerprint density at radius 3 is 2.83 bits per heavy atom. The fraction of sp³-hybridized carbons (Fsp3) is 0.786. The number of nitrogens with one attached hydrogen (secondary N) is 1. The largest absolute Gasteiger partial charge is 0.383 e. The van der Waals surface area contributed by atoms with Gasteiger partial charge in [-0.1, -0.05) is 13.3 Å². The van der Waals surface area contributed by atoms with Crippen LogP contribution < -0.4 is 5.32 Å². The second-order valence-electron chi connectivity index (χ2n) is 5.19. The molecule has 0 atom stereocenters. The Morgan fingerprint density at radius 2 is 2.28 bits per heavy atom. The molecule has 1 fully saturated rings. The van der Waals surface area contributed by atoms with E-state index < -0.39 is 0 Å². The minimum absolute atomic E-state index is 0.109. The molecule has 0 spiro atoms. The van der Waals surface area contributed by atoms with Crippen molar-refractivity contribution in [1.29, 1.82) is 0 Å². The van der Waals surface area contributed by atoms with E-state index in [0.717, 1.165) is 19.1 Å². The second-order valence-corrected chi connectivity index (χ2v) is 6.09. The summed E-state index contributed by atoms with van der Waals surface area (Å²) in [4.78, 5) is 4.56. The highest BCUT2D eigenvalue weighted by Gasteiger charge is 2.37. The molecular weight excluding hydrogens is 244 g/mol. The summed E-state index contributed by atoms with van der Waals surface area (Å²) in [6.07, 6.45) is 8.29. The Morgan fingerprint density at radius 1 is 1.50 bits per heavy atom. The normalized spacial score (nSPS) is 28.4. The Labute approximate surface area is 114 Å². The fourth-order valence-electron chi connectivity index (χ4n) is 2.90.